The molecule has 1 heterocycles. The van der Waals surface area contributed by atoms with Crippen molar-refractivity contribution in [3.8, 4) is 0 Å². The predicted octanol–water partition coefficient (Wildman–Crippen LogP) is 1.000. The molecule has 1 aromatic carbocycles. The van der Waals surface area contributed by atoms with Crippen LogP contribution in [0.4, 0.5) is 0 Å². The van der Waals surface area contributed by atoms with Crippen molar-refractivity contribution in [2.45, 2.75) is 19.5 Å². The molecule has 0 aliphatic heterocycles. The minimum atomic E-state index is -0.0933. The second kappa shape index (κ2) is 8.61. The predicted molar refractivity (Wildman–Crippen MR) is 96.2 cm³/mol. The second-order valence-corrected chi connectivity index (χ2v) is 6.87. The highest BCUT2D eigenvalue weighted by Gasteiger charge is 2.15. The fraction of sp³-hybridized carbons (Fsp3) is 0.333. The van der Waals surface area contributed by atoms with Crippen LogP contribution in [0, 0.1) is 0 Å². The summed E-state index contributed by atoms with van der Waals surface area (Å²) in [5.74, 6) is -0.0559. The van der Waals surface area contributed by atoms with E-state index in [0.717, 1.165) is 21.9 Å². The molecule has 0 saturated heterocycles. The molecule has 0 spiro atoms. The van der Waals surface area contributed by atoms with Gasteiger partial charge in [-0.25, -0.2) is 0 Å². The Morgan fingerprint density at radius 2 is 1.92 bits per heavy atom. The zero-order valence-electron chi connectivity index (χ0n) is 14.3. The van der Waals surface area contributed by atoms with Crippen molar-refractivity contribution in [3.63, 3.8) is 0 Å². The molecule has 3 N–H and O–H groups in total. The van der Waals surface area contributed by atoms with Crippen LogP contribution in [0.25, 0.3) is 0 Å². The van der Waals surface area contributed by atoms with E-state index in [1.807, 2.05) is 43.6 Å². The Kier molecular flexibility index (Phi) is 6.52. The summed E-state index contributed by atoms with van der Waals surface area (Å²) in [6.07, 6.45) is 0. The fourth-order valence-electron chi connectivity index (χ4n) is 2.50. The summed E-state index contributed by atoms with van der Waals surface area (Å²) >= 11 is 1.65. The van der Waals surface area contributed by atoms with E-state index in [2.05, 4.69) is 10.6 Å². The van der Waals surface area contributed by atoms with Crippen molar-refractivity contribution in [1.29, 1.82) is 0 Å². The van der Waals surface area contributed by atoms with Crippen LogP contribution in [-0.2, 0) is 11.3 Å². The Bertz CT molecular complexity index is 668. The number of quaternary nitrogens is 1. The minimum Gasteiger partial charge on any atom is -0.355 e. The number of hydrogen-bond acceptors (Lipinski definition) is 3. The smallest absolute Gasteiger partial charge is 0.275 e. The number of rotatable bonds is 7. The van der Waals surface area contributed by atoms with Crippen LogP contribution in [0.2, 0.25) is 0 Å². The lowest BCUT2D eigenvalue weighted by atomic mass is 10.1. The molecule has 2 rings (SSSR count). The maximum atomic E-state index is 12.2. The minimum absolute atomic E-state index is 0.0374. The SMILES string of the molecule is CNC(=O)c1ccc(C[NH+](C)CC(=O)N[C@H](C)c2cccs2)cc1. The molecule has 0 fully saturated rings. The summed E-state index contributed by atoms with van der Waals surface area (Å²) in [5.41, 5.74) is 1.74. The zero-order valence-corrected chi connectivity index (χ0v) is 15.1. The van der Waals surface area contributed by atoms with Crippen molar-refractivity contribution in [2.24, 2.45) is 0 Å². The Morgan fingerprint density at radius 1 is 1.21 bits per heavy atom. The van der Waals surface area contributed by atoms with Crippen LogP contribution in [0.5, 0.6) is 0 Å². The van der Waals surface area contributed by atoms with Crippen molar-refractivity contribution in [2.75, 3.05) is 20.6 Å². The molecule has 6 heteroatoms. The van der Waals surface area contributed by atoms with Gasteiger partial charge in [-0.15, -0.1) is 11.3 Å². The molecule has 0 aliphatic rings. The van der Waals surface area contributed by atoms with Crippen molar-refractivity contribution < 1.29 is 14.5 Å². The number of hydrogen-bond donors (Lipinski definition) is 3. The molecule has 0 saturated carbocycles. The molecule has 1 unspecified atom stereocenters. The highest BCUT2D eigenvalue weighted by Crippen LogP contribution is 2.17. The van der Waals surface area contributed by atoms with E-state index >= 15 is 0 Å². The van der Waals surface area contributed by atoms with E-state index in [1.54, 1.807) is 30.5 Å². The summed E-state index contributed by atoms with van der Waals surface area (Å²) in [4.78, 5) is 25.9. The van der Waals surface area contributed by atoms with Gasteiger partial charge in [-0.1, -0.05) is 18.2 Å². The average Bonchev–Trinajstić information content (AvgIpc) is 3.09. The lowest BCUT2D eigenvalue weighted by Gasteiger charge is -2.16. The molecular weight excluding hydrogens is 322 g/mol. The Balaban J connectivity index is 1.82. The number of carbonyl (C=O) groups is 2. The van der Waals surface area contributed by atoms with Gasteiger partial charge in [-0.2, -0.15) is 0 Å². The van der Waals surface area contributed by atoms with Crippen LogP contribution >= 0.6 is 11.3 Å². The lowest BCUT2D eigenvalue weighted by molar-refractivity contribution is -0.885. The molecule has 128 valence electrons. The summed E-state index contributed by atoms with van der Waals surface area (Å²) in [5, 5.41) is 7.64. The zero-order chi connectivity index (χ0) is 17.5. The van der Waals surface area contributed by atoms with Gasteiger partial charge >= 0.3 is 0 Å². The van der Waals surface area contributed by atoms with E-state index in [9.17, 15) is 9.59 Å². The number of likely N-dealkylation sites (N-methyl/N-ethyl adjacent to an activating group) is 1. The Hall–Kier alpha value is -2.18. The number of nitrogens with one attached hydrogen (secondary N) is 3. The first-order valence-electron chi connectivity index (χ1n) is 7.94. The number of benzene rings is 1. The molecule has 1 aromatic heterocycles. The maximum absolute atomic E-state index is 12.2. The van der Waals surface area contributed by atoms with Gasteiger partial charge in [0, 0.05) is 23.1 Å². The highest BCUT2D eigenvalue weighted by atomic mass is 32.1. The molecule has 24 heavy (non-hydrogen) atoms. The van der Waals surface area contributed by atoms with Crippen LogP contribution in [0.3, 0.4) is 0 Å². The summed E-state index contributed by atoms with van der Waals surface area (Å²) in [7, 11) is 3.60. The molecule has 2 atom stereocenters. The second-order valence-electron chi connectivity index (χ2n) is 5.89. The molecule has 2 amide bonds. The van der Waals surface area contributed by atoms with Gasteiger partial charge in [0.15, 0.2) is 6.54 Å². The lowest BCUT2D eigenvalue weighted by Crippen LogP contribution is -3.08. The summed E-state index contributed by atoms with van der Waals surface area (Å²) in [6.45, 7) is 3.14. The summed E-state index contributed by atoms with van der Waals surface area (Å²) < 4.78 is 0. The van der Waals surface area contributed by atoms with Gasteiger partial charge < -0.3 is 15.5 Å². The van der Waals surface area contributed by atoms with Crippen molar-refractivity contribution in [1.82, 2.24) is 10.6 Å². The highest BCUT2D eigenvalue weighted by molar-refractivity contribution is 7.10. The van der Waals surface area contributed by atoms with Gasteiger partial charge in [-0.05, 0) is 30.5 Å². The first-order valence-corrected chi connectivity index (χ1v) is 8.82. The van der Waals surface area contributed by atoms with Crippen LogP contribution in [0.15, 0.2) is 41.8 Å². The molecule has 0 aliphatic carbocycles. The van der Waals surface area contributed by atoms with E-state index in [0.29, 0.717) is 12.1 Å². The quantitative estimate of drug-likeness (QED) is 0.700. The van der Waals surface area contributed by atoms with Crippen molar-refractivity contribution >= 4 is 23.2 Å². The topological polar surface area (TPSA) is 62.6 Å². The van der Waals surface area contributed by atoms with Crippen LogP contribution in [0.1, 0.15) is 33.8 Å². The largest absolute Gasteiger partial charge is 0.355 e. The van der Waals surface area contributed by atoms with E-state index < -0.39 is 0 Å². The maximum Gasteiger partial charge on any atom is 0.275 e. The number of amides is 2. The molecule has 0 radical (unpaired) electrons. The molecule has 2 aromatic rings. The van der Waals surface area contributed by atoms with E-state index in [-0.39, 0.29) is 17.9 Å². The van der Waals surface area contributed by atoms with Crippen LogP contribution in [-0.4, -0.2) is 32.5 Å². The summed E-state index contributed by atoms with van der Waals surface area (Å²) in [6, 6.07) is 11.5. The third kappa shape index (κ3) is 5.18. The fourth-order valence-corrected chi connectivity index (χ4v) is 3.24. The van der Waals surface area contributed by atoms with E-state index in [4.69, 9.17) is 0 Å². The third-order valence-electron chi connectivity index (χ3n) is 3.76. The van der Waals surface area contributed by atoms with Crippen molar-refractivity contribution in [3.05, 3.63) is 57.8 Å². The Morgan fingerprint density at radius 3 is 2.50 bits per heavy atom. The molecule has 5 nitrogen and oxygen atoms in total. The monoisotopic (exact) mass is 346 g/mol. The normalized spacial score (nSPS) is 13.1. The average molecular weight is 346 g/mol. The first-order chi connectivity index (χ1) is 11.5. The van der Waals surface area contributed by atoms with Gasteiger partial charge in [0.2, 0.25) is 0 Å². The molecule has 0 bridgehead atoms. The van der Waals surface area contributed by atoms with Gasteiger partial charge in [0.1, 0.15) is 6.54 Å². The van der Waals surface area contributed by atoms with Gasteiger partial charge in [0.05, 0.1) is 13.1 Å². The van der Waals surface area contributed by atoms with Gasteiger partial charge in [-0.3, -0.25) is 9.59 Å². The number of carbonyl (C=O) groups excluding carboxylic acids is 2. The third-order valence-corrected chi connectivity index (χ3v) is 4.81. The van der Waals surface area contributed by atoms with Gasteiger partial charge in [0.25, 0.3) is 11.8 Å². The van der Waals surface area contributed by atoms with Crippen LogP contribution < -0.4 is 15.5 Å². The first kappa shape index (κ1) is 18.2. The van der Waals surface area contributed by atoms with E-state index in [1.165, 1.54) is 0 Å². The standard InChI is InChI=1S/C18H23N3O2S/c1-13(16-5-4-10-24-16)20-17(22)12-21(3)11-14-6-8-15(9-7-14)18(23)19-2/h4-10,13H,11-12H2,1-3H3,(H,19,23)(H,20,22)/p+1/t13-/m1/s1. The molecular formula is C18H24N3O2S+. The Labute approximate surface area is 146 Å². The number of thiophene rings is 1.